The summed E-state index contributed by atoms with van der Waals surface area (Å²) in [5.74, 6) is -1.32. The summed E-state index contributed by atoms with van der Waals surface area (Å²) in [5.41, 5.74) is -2.95. The maximum absolute atomic E-state index is 13.1. The van der Waals surface area contributed by atoms with Crippen LogP contribution in [0.4, 0.5) is 26.3 Å². The summed E-state index contributed by atoms with van der Waals surface area (Å²) in [6.07, 6.45) is -5.68. The van der Waals surface area contributed by atoms with Crippen molar-refractivity contribution >= 4 is 12.1 Å². The molecule has 7 nitrogen and oxygen atoms in total. The van der Waals surface area contributed by atoms with Gasteiger partial charge in [0, 0.05) is 48.7 Å². The normalized spacial score (nSPS) is 21.8. The predicted octanol–water partition coefficient (Wildman–Crippen LogP) is 5.85. The molecule has 1 N–H and O–H groups in total. The molecule has 0 aliphatic carbocycles. The molecule has 2 aliphatic heterocycles. The molecule has 218 valence electrons. The van der Waals surface area contributed by atoms with Crippen molar-refractivity contribution in [3.63, 3.8) is 0 Å². The molecular weight excluding hydrogens is 542 g/mol. The number of carbonyl (C=O) groups is 1. The third-order valence-electron chi connectivity index (χ3n) is 7.12. The molecule has 2 aromatic carbocycles. The molecule has 13 heteroatoms. The van der Waals surface area contributed by atoms with Crippen molar-refractivity contribution in [3.8, 4) is 0 Å². The fourth-order valence-corrected chi connectivity index (χ4v) is 4.98. The highest BCUT2D eigenvalue weighted by atomic mass is 19.4. The lowest BCUT2D eigenvalue weighted by atomic mass is 10.0. The van der Waals surface area contributed by atoms with E-state index in [1.54, 1.807) is 5.01 Å². The lowest BCUT2D eigenvalue weighted by Crippen LogP contribution is -2.41. The zero-order valence-corrected chi connectivity index (χ0v) is 21.5. The molecule has 0 saturated carbocycles. The lowest BCUT2D eigenvalue weighted by Gasteiger charge is -2.28. The summed E-state index contributed by atoms with van der Waals surface area (Å²) < 4.78 is 78.6. The van der Waals surface area contributed by atoms with Crippen LogP contribution in [-0.2, 0) is 23.8 Å². The van der Waals surface area contributed by atoms with E-state index in [1.807, 2.05) is 30.3 Å². The van der Waals surface area contributed by atoms with Crippen LogP contribution in [0.25, 0.3) is 0 Å². The Morgan fingerprint density at radius 1 is 0.975 bits per heavy atom. The van der Waals surface area contributed by atoms with Gasteiger partial charge in [0.05, 0.1) is 17.7 Å². The van der Waals surface area contributed by atoms with Crippen LogP contribution in [0.3, 0.4) is 0 Å². The van der Waals surface area contributed by atoms with Gasteiger partial charge in [-0.3, -0.25) is 19.7 Å². The van der Waals surface area contributed by atoms with Crippen LogP contribution in [0.1, 0.15) is 52.7 Å². The molecule has 2 heterocycles. The fraction of sp³-hybridized carbons (Fsp3) is 0.481. The number of hydrazine groups is 1. The Bertz CT molecular complexity index is 1140. The number of hydrogen-bond acceptors (Lipinski definition) is 6. The smallest absolute Gasteiger partial charge is 0.300 e. The van der Waals surface area contributed by atoms with E-state index in [0.717, 1.165) is 30.2 Å². The second-order valence-electron chi connectivity index (χ2n) is 9.97. The molecule has 4 rings (SSSR count). The van der Waals surface area contributed by atoms with Gasteiger partial charge in [-0.1, -0.05) is 30.3 Å². The molecule has 0 radical (unpaired) electrons. The van der Waals surface area contributed by atoms with E-state index in [4.69, 9.17) is 4.84 Å². The number of carbonyl (C=O) groups excluding carboxylic acids is 1. The molecule has 0 aromatic heterocycles. The quantitative estimate of drug-likeness (QED) is 0.255. The van der Waals surface area contributed by atoms with E-state index in [-0.39, 0.29) is 24.6 Å². The van der Waals surface area contributed by atoms with Gasteiger partial charge in [-0.2, -0.15) is 31.4 Å². The van der Waals surface area contributed by atoms with Gasteiger partial charge in [0.15, 0.2) is 0 Å². The standard InChI is InChI=1S/C27H30F6N4O3/c28-26(29,30)22-13-21(14-23(15-22)27(31,32)33)25(38)34-16-20-8-11-35(17-20)24-7-4-10-36(12-9-24)37(39)40-18-19-5-2-1-3-6-19/h1-3,5-6,13-16,20,24,39H,4,7-12,17-18H2/t20?,24-/m1/s1. The number of amides is 1. The van der Waals surface area contributed by atoms with Gasteiger partial charge in [-0.05, 0) is 56.0 Å². The van der Waals surface area contributed by atoms with Gasteiger partial charge in [-0.25, -0.2) is 4.99 Å². The Hall–Kier alpha value is -2.84. The minimum Gasteiger partial charge on any atom is -0.300 e. The number of alkyl halides is 6. The summed E-state index contributed by atoms with van der Waals surface area (Å²) in [6.45, 7) is 2.66. The van der Waals surface area contributed by atoms with Crippen LogP contribution in [0.15, 0.2) is 53.5 Å². The second-order valence-corrected chi connectivity index (χ2v) is 9.97. The molecule has 2 atom stereocenters. The zero-order valence-electron chi connectivity index (χ0n) is 21.5. The summed E-state index contributed by atoms with van der Waals surface area (Å²) in [4.78, 5) is 23.9. The Kier molecular flexibility index (Phi) is 9.62. The van der Waals surface area contributed by atoms with Crippen molar-refractivity contribution in [2.45, 2.75) is 50.7 Å². The zero-order chi connectivity index (χ0) is 28.9. The summed E-state index contributed by atoms with van der Waals surface area (Å²) in [6, 6.07) is 10.4. The largest absolute Gasteiger partial charge is 0.416 e. The molecule has 2 aliphatic rings. The Morgan fingerprint density at radius 3 is 2.30 bits per heavy atom. The van der Waals surface area contributed by atoms with Gasteiger partial charge in [0.1, 0.15) is 0 Å². The maximum atomic E-state index is 13.1. The first kappa shape index (κ1) is 30.1. The first-order valence-corrected chi connectivity index (χ1v) is 12.9. The molecule has 0 spiro atoms. The Morgan fingerprint density at radius 2 is 1.65 bits per heavy atom. The summed E-state index contributed by atoms with van der Waals surface area (Å²) >= 11 is 0. The molecule has 0 bridgehead atoms. The predicted molar refractivity (Wildman–Crippen MR) is 133 cm³/mol. The second kappa shape index (κ2) is 12.8. The van der Waals surface area contributed by atoms with Crippen LogP contribution in [-0.4, -0.2) is 64.8 Å². The van der Waals surface area contributed by atoms with Crippen molar-refractivity contribution in [3.05, 3.63) is 70.8 Å². The van der Waals surface area contributed by atoms with Crippen LogP contribution in [0.2, 0.25) is 0 Å². The van der Waals surface area contributed by atoms with Crippen LogP contribution in [0.5, 0.6) is 0 Å². The van der Waals surface area contributed by atoms with E-state index in [0.29, 0.717) is 44.7 Å². The Labute approximate surface area is 227 Å². The van der Waals surface area contributed by atoms with Crippen LogP contribution >= 0.6 is 0 Å². The maximum Gasteiger partial charge on any atom is 0.416 e. The van der Waals surface area contributed by atoms with Gasteiger partial charge < -0.3 is 0 Å². The van der Waals surface area contributed by atoms with Crippen molar-refractivity contribution in [2.24, 2.45) is 10.9 Å². The molecular formula is C27H30F6N4O3. The SMILES string of the molecule is O=C(N=CC1CCN([C@@H]2CCCN(N(O)OCc3ccccc3)CC2)C1)c1cc(C(F)(F)F)cc(C(F)(F)F)c1. The minimum absolute atomic E-state index is 0.0192. The number of benzene rings is 2. The molecule has 1 amide bonds. The van der Waals surface area contributed by atoms with E-state index >= 15 is 0 Å². The van der Waals surface area contributed by atoms with E-state index in [2.05, 4.69) is 9.89 Å². The lowest BCUT2D eigenvalue weighted by molar-refractivity contribution is -0.446. The third-order valence-corrected chi connectivity index (χ3v) is 7.12. The fourth-order valence-electron chi connectivity index (χ4n) is 4.98. The van der Waals surface area contributed by atoms with E-state index < -0.39 is 35.0 Å². The average molecular weight is 573 g/mol. The summed E-state index contributed by atoms with van der Waals surface area (Å²) in [5, 5.41) is 12.9. The van der Waals surface area contributed by atoms with Crippen molar-refractivity contribution in [1.82, 2.24) is 15.2 Å². The highest BCUT2D eigenvalue weighted by molar-refractivity contribution is 5.99. The van der Waals surface area contributed by atoms with Gasteiger partial charge in [-0.15, -0.1) is 0 Å². The van der Waals surface area contributed by atoms with Gasteiger partial charge in [0.2, 0.25) is 0 Å². The highest BCUT2D eigenvalue weighted by Crippen LogP contribution is 2.36. The number of nitrogens with zero attached hydrogens (tertiary/aromatic N) is 4. The van der Waals surface area contributed by atoms with E-state index in [1.165, 1.54) is 6.21 Å². The van der Waals surface area contributed by atoms with Gasteiger partial charge >= 0.3 is 12.4 Å². The number of aliphatic imine (C=N–C) groups is 1. The summed E-state index contributed by atoms with van der Waals surface area (Å²) in [7, 11) is 0. The molecule has 2 aromatic rings. The first-order chi connectivity index (χ1) is 18.9. The van der Waals surface area contributed by atoms with Gasteiger partial charge in [0.25, 0.3) is 5.91 Å². The van der Waals surface area contributed by atoms with Crippen LogP contribution in [0, 0.1) is 5.92 Å². The topological polar surface area (TPSA) is 68.6 Å². The minimum atomic E-state index is -5.04. The average Bonchev–Trinajstić information content (AvgIpc) is 3.25. The number of likely N-dealkylation sites (tertiary alicyclic amines) is 1. The molecule has 40 heavy (non-hydrogen) atoms. The van der Waals surface area contributed by atoms with Crippen molar-refractivity contribution in [1.29, 1.82) is 0 Å². The van der Waals surface area contributed by atoms with Crippen LogP contribution < -0.4 is 0 Å². The van der Waals surface area contributed by atoms with Crippen molar-refractivity contribution in [2.75, 3.05) is 26.2 Å². The monoisotopic (exact) mass is 572 g/mol. The molecule has 2 saturated heterocycles. The third kappa shape index (κ3) is 8.10. The molecule has 2 fully saturated rings. The molecule has 1 unspecified atom stereocenters. The number of hydrogen-bond donors (Lipinski definition) is 1. The Balaban J connectivity index is 1.30. The number of rotatable bonds is 7. The highest BCUT2D eigenvalue weighted by Gasteiger charge is 2.37. The van der Waals surface area contributed by atoms with E-state index in [9.17, 15) is 36.3 Å². The first-order valence-electron chi connectivity index (χ1n) is 12.9. The van der Waals surface area contributed by atoms with Crippen molar-refractivity contribution < 1.29 is 41.2 Å². The number of halogens is 6.